The molecule has 0 spiro atoms. The highest BCUT2D eigenvalue weighted by Crippen LogP contribution is 2.28. The van der Waals surface area contributed by atoms with E-state index in [1.807, 2.05) is 18.2 Å². The molecule has 0 aliphatic heterocycles. The monoisotopic (exact) mass is 264 g/mol. The standard InChI is InChI=1S/C15H20O4/c1-4-11-6-7-13(14(10-11)18-3)19-9-8-12(5-2)15(16)17/h6-8,10H,4-5,9H2,1-3H3,(H,16,17)/b12-8-. The molecule has 19 heavy (non-hydrogen) atoms. The second-order valence-electron chi connectivity index (χ2n) is 4.04. The highest BCUT2D eigenvalue weighted by Gasteiger charge is 2.06. The van der Waals surface area contributed by atoms with Crippen molar-refractivity contribution in [2.75, 3.05) is 13.7 Å². The molecule has 0 aliphatic carbocycles. The fourth-order valence-electron chi connectivity index (χ4n) is 1.67. The number of carbonyl (C=O) groups is 1. The van der Waals surface area contributed by atoms with Gasteiger partial charge in [-0.15, -0.1) is 0 Å². The van der Waals surface area contributed by atoms with Crippen molar-refractivity contribution in [1.29, 1.82) is 0 Å². The lowest BCUT2D eigenvalue weighted by molar-refractivity contribution is -0.132. The molecule has 4 heteroatoms. The molecule has 1 aromatic carbocycles. The number of aryl methyl sites for hydroxylation is 1. The fourth-order valence-corrected chi connectivity index (χ4v) is 1.67. The quantitative estimate of drug-likeness (QED) is 0.769. The van der Waals surface area contributed by atoms with Crippen LogP contribution in [-0.2, 0) is 11.2 Å². The number of methoxy groups -OCH3 is 1. The molecule has 1 rings (SSSR count). The zero-order valence-corrected chi connectivity index (χ0v) is 11.6. The Morgan fingerprint density at radius 1 is 1.32 bits per heavy atom. The van der Waals surface area contributed by atoms with Gasteiger partial charge >= 0.3 is 5.97 Å². The minimum atomic E-state index is -0.903. The Balaban J connectivity index is 2.75. The van der Waals surface area contributed by atoms with Crippen LogP contribution in [0.15, 0.2) is 29.8 Å². The number of carboxylic acid groups (broad SMARTS) is 1. The van der Waals surface area contributed by atoms with E-state index < -0.39 is 5.97 Å². The number of carboxylic acids is 1. The summed E-state index contributed by atoms with van der Waals surface area (Å²) in [6.07, 6.45) is 2.98. The van der Waals surface area contributed by atoms with Gasteiger partial charge in [0.1, 0.15) is 6.61 Å². The van der Waals surface area contributed by atoms with E-state index in [-0.39, 0.29) is 6.61 Å². The maximum Gasteiger partial charge on any atom is 0.331 e. The van der Waals surface area contributed by atoms with E-state index in [0.717, 1.165) is 6.42 Å². The average molecular weight is 264 g/mol. The first-order valence-corrected chi connectivity index (χ1v) is 6.34. The predicted octanol–water partition coefficient (Wildman–Crippen LogP) is 3.06. The molecule has 104 valence electrons. The van der Waals surface area contributed by atoms with Crippen molar-refractivity contribution in [2.45, 2.75) is 26.7 Å². The van der Waals surface area contributed by atoms with Crippen molar-refractivity contribution in [1.82, 2.24) is 0 Å². The first-order chi connectivity index (χ1) is 9.12. The van der Waals surface area contributed by atoms with Gasteiger partial charge < -0.3 is 14.6 Å². The number of hydrogen-bond donors (Lipinski definition) is 1. The van der Waals surface area contributed by atoms with Crippen LogP contribution in [0.3, 0.4) is 0 Å². The molecule has 0 saturated heterocycles. The minimum Gasteiger partial charge on any atom is -0.493 e. The van der Waals surface area contributed by atoms with E-state index >= 15 is 0 Å². The third-order valence-electron chi connectivity index (χ3n) is 2.86. The zero-order valence-electron chi connectivity index (χ0n) is 11.6. The Bertz CT molecular complexity index is 463. The first kappa shape index (κ1) is 15.1. The molecular formula is C15H20O4. The van der Waals surface area contributed by atoms with Crippen molar-refractivity contribution in [3.63, 3.8) is 0 Å². The molecular weight excluding hydrogens is 244 g/mol. The van der Waals surface area contributed by atoms with E-state index in [4.69, 9.17) is 14.6 Å². The Hall–Kier alpha value is -1.97. The predicted molar refractivity (Wildman–Crippen MR) is 73.9 cm³/mol. The summed E-state index contributed by atoms with van der Waals surface area (Å²) in [6, 6.07) is 5.74. The molecule has 1 N–H and O–H groups in total. The Morgan fingerprint density at radius 3 is 2.58 bits per heavy atom. The second kappa shape index (κ2) is 7.46. The van der Waals surface area contributed by atoms with Crippen molar-refractivity contribution in [2.24, 2.45) is 0 Å². The molecule has 1 aromatic rings. The molecule has 0 unspecified atom stereocenters. The van der Waals surface area contributed by atoms with E-state index in [2.05, 4.69) is 6.92 Å². The van der Waals surface area contributed by atoms with Gasteiger partial charge in [-0.2, -0.15) is 0 Å². The summed E-state index contributed by atoms with van der Waals surface area (Å²) in [5.74, 6) is 0.386. The van der Waals surface area contributed by atoms with Gasteiger partial charge in [0.05, 0.1) is 7.11 Å². The summed E-state index contributed by atoms with van der Waals surface area (Å²) < 4.78 is 10.8. The smallest absolute Gasteiger partial charge is 0.331 e. The lowest BCUT2D eigenvalue weighted by Gasteiger charge is -2.10. The van der Waals surface area contributed by atoms with Gasteiger partial charge in [-0.3, -0.25) is 0 Å². The van der Waals surface area contributed by atoms with Crippen LogP contribution in [0.4, 0.5) is 0 Å². The summed E-state index contributed by atoms with van der Waals surface area (Å²) in [6.45, 7) is 4.09. The lowest BCUT2D eigenvalue weighted by Crippen LogP contribution is -2.03. The van der Waals surface area contributed by atoms with Crippen LogP contribution in [0.2, 0.25) is 0 Å². The first-order valence-electron chi connectivity index (χ1n) is 6.34. The lowest BCUT2D eigenvalue weighted by atomic mass is 10.1. The van der Waals surface area contributed by atoms with Crippen LogP contribution < -0.4 is 9.47 Å². The highest BCUT2D eigenvalue weighted by molar-refractivity contribution is 5.86. The molecule has 0 fully saturated rings. The van der Waals surface area contributed by atoms with Crippen LogP contribution in [-0.4, -0.2) is 24.8 Å². The largest absolute Gasteiger partial charge is 0.493 e. The molecule has 4 nitrogen and oxygen atoms in total. The normalized spacial score (nSPS) is 11.2. The third kappa shape index (κ3) is 4.32. The maximum atomic E-state index is 10.8. The summed E-state index contributed by atoms with van der Waals surface area (Å²) in [4.78, 5) is 10.8. The summed E-state index contributed by atoms with van der Waals surface area (Å²) >= 11 is 0. The molecule has 0 aromatic heterocycles. The van der Waals surface area contributed by atoms with Gasteiger partial charge in [-0.1, -0.05) is 19.9 Å². The number of benzene rings is 1. The molecule has 0 heterocycles. The Labute approximate surface area is 113 Å². The van der Waals surface area contributed by atoms with E-state index in [1.54, 1.807) is 20.1 Å². The molecule has 0 aliphatic rings. The maximum absolute atomic E-state index is 10.8. The van der Waals surface area contributed by atoms with Crippen molar-refractivity contribution in [3.05, 3.63) is 35.4 Å². The minimum absolute atomic E-state index is 0.220. The molecule has 0 atom stereocenters. The van der Waals surface area contributed by atoms with Crippen LogP contribution in [0.5, 0.6) is 11.5 Å². The van der Waals surface area contributed by atoms with Crippen LogP contribution >= 0.6 is 0 Å². The van der Waals surface area contributed by atoms with Gasteiger partial charge in [0.25, 0.3) is 0 Å². The van der Waals surface area contributed by atoms with Crippen LogP contribution in [0.25, 0.3) is 0 Å². The van der Waals surface area contributed by atoms with Crippen molar-refractivity contribution >= 4 is 5.97 Å². The van der Waals surface area contributed by atoms with Crippen molar-refractivity contribution < 1.29 is 19.4 Å². The van der Waals surface area contributed by atoms with Gasteiger partial charge in [-0.25, -0.2) is 4.79 Å². The number of hydrogen-bond acceptors (Lipinski definition) is 3. The van der Waals surface area contributed by atoms with E-state index in [0.29, 0.717) is 23.5 Å². The van der Waals surface area contributed by atoms with E-state index in [9.17, 15) is 4.79 Å². The molecule has 0 amide bonds. The van der Waals surface area contributed by atoms with Gasteiger partial charge in [0, 0.05) is 5.57 Å². The second-order valence-corrected chi connectivity index (χ2v) is 4.04. The summed E-state index contributed by atoms with van der Waals surface area (Å²) in [5.41, 5.74) is 1.52. The summed E-state index contributed by atoms with van der Waals surface area (Å²) in [5, 5.41) is 8.89. The highest BCUT2D eigenvalue weighted by atomic mass is 16.5. The van der Waals surface area contributed by atoms with Gasteiger partial charge in [-0.05, 0) is 36.6 Å². The van der Waals surface area contributed by atoms with Crippen LogP contribution in [0, 0.1) is 0 Å². The Morgan fingerprint density at radius 2 is 2.05 bits per heavy atom. The third-order valence-corrected chi connectivity index (χ3v) is 2.86. The van der Waals surface area contributed by atoms with Gasteiger partial charge in [0.15, 0.2) is 11.5 Å². The number of rotatable bonds is 7. The topological polar surface area (TPSA) is 55.8 Å². The molecule has 0 bridgehead atoms. The summed E-state index contributed by atoms with van der Waals surface area (Å²) in [7, 11) is 1.59. The SMILES string of the molecule is CC/C(=C/COc1ccc(CC)cc1OC)C(=O)O. The number of aliphatic carboxylic acids is 1. The molecule has 0 radical (unpaired) electrons. The average Bonchev–Trinajstić information content (AvgIpc) is 2.43. The van der Waals surface area contributed by atoms with Gasteiger partial charge in [0.2, 0.25) is 0 Å². The van der Waals surface area contributed by atoms with Crippen molar-refractivity contribution in [3.8, 4) is 11.5 Å². The molecule has 0 saturated carbocycles. The zero-order chi connectivity index (χ0) is 14.3. The number of ether oxygens (including phenoxy) is 2. The van der Waals surface area contributed by atoms with E-state index in [1.165, 1.54) is 5.56 Å². The fraction of sp³-hybridized carbons (Fsp3) is 0.400. The Kier molecular flexibility index (Phi) is 5.93. The van der Waals surface area contributed by atoms with Crippen LogP contribution in [0.1, 0.15) is 25.8 Å².